The molecule has 0 atom stereocenters. The van der Waals surface area contributed by atoms with Crippen LogP contribution in [0.2, 0.25) is 0 Å². The van der Waals surface area contributed by atoms with E-state index in [1.54, 1.807) is 0 Å². The number of hydrogen-bond acceptors (Lipinski definition) is 3. The highest BCUT2D eigenvalue weighted by Gasteiger charge is 2.14. The lowest BCUT2D eigenvalue weighted by Gasteiger charge is -2.26. The molecular formula is C17H36N2S. The van der Waals surface area contributed by atoms with E-state index in [1.807, 2.05) is 0 Å². The highest BCUT2D eigenvalue weighted by Crippen LogP contribution is 2.20. The van der Waals surface area contributed by atoms with Gasteiger partial charge < -0.3 is 10.2 Å². The summed E-state index contributed by atoms with van der Waals surface area (Å²) < 4.78 is 0. The Hall–Kier alpha value is 0.270. The monoisotopic (exact) mass is 300 g/mol. The summed E-state index contributed by atoms with van der Waals surface area (Å²) >= 11 is 2.21. The number of hydrogen-bond donors (Lipinski definition) is 1. The first kappa shape index (κ1) is 18.3. The maximum atomic E-state index is 3.46. The molecular weight excluding hydrogens is 264 g/mol. The second-order valence-electron chi connectivity index (χ2n) is 7.03. The van der Waals surface area contributed by atoms with Crippen LogP contribution in [-0.2, 0) is 0 Å². The topological polar surface area (TPSA) is 15.3 Å². The van der Waals surface area contributed by atoms with Crippen LogP contribution in [0.1, 0.15) is 53.4 Å². The van der Waals surface area contributed by atoms with Crippen LogP contribution in [0.5, 0.6) is 0 Å². The van der Waals surface area contributed by atoms with Crippen LogP contribution in [0.3, 0.4) is 0 Å². The second kappa shape index (κ2) is 10.9. The molecule has 1 rings (SSSR count). The average Bonchev–Trinajstić information content (AvgIpc) is 2.42. The van der Waals surface area contributed by atoms with Gasteiger partial charge in [0.1, 0.15) is 0 Å². The smallest absolute Gasteiger partial charge is 0.00724 e. The van der Waals surface area contributed by atoms with Crippen LogP contribution in [0, 0.1) is 11.8 Å². The number of thioether (sulfide) groups is 1. The molecule has 0 spiro atoms. The number of piperidine rings is 1. The third kappa shape index (κ3) is 9.25. The van der Waals surface area contributed by atoms with E-state index in [1.165, 1.54) is 64.2 Å². The van der Waals surface area contributed by atoms with Crippen LogP contribution >= 0.6 is 11.8 Å². The molecule has 0 aromatic carbocycles. The maximum Gasteiger partial charge on any atom is 0.00724 e. The van der Waals surface area contributed by atoms with E-state index in [0.717, 1.165) is 17.1 Å². The van der Waals surface area contributed by atoms with Gasteiger partial charge in [0.15, 0.2) is 0 Å². The number of nitrogens with one attached hydrogen (secondary N) is 1. The summed E-state index contributed by atoms with van der Waals surface area (Å²) in [4.78, 5) is 2.70. The fraction of sp³-hybridized carbons (Fsp3) is 1.00. The van der Waals surface area contributed by atoms with Crippen molar-refractivity contribution in [3.63, 3.8) is 0 Å². The van der Waals surface area contributed by atoms with Gasteiger partial charge in [-0.1, -0.05) is 27.7 Å². The van der Waals surface area contributed by atoms with E-state index in [9.17, 15) is 0 Å². The van der Waals surface area contributed by atoms with E-state index in [0.29, 0.717) is 0 Å². The van der Waals surface area contributed by atoms with E-state index in [2.05, 4.69) is 49.7 Å². The molecule has 1 aliphatic rings. The minimum atomic E-state index is 0.827. The highest BCUT2D eigenvalue weighted by molar-refractivity contribution is 7.99. The van der Waals surface area contributed by atoms with E-state index in [-0.39, 0.29) is 0 Å². The molecule has 0 aromatic heterocycles. The lowest BCUT2D eigenvalue weighted by molar-refractivity contribution is 0.257. The van der Waals surface area contributed by atoms with Gasteiger partial charge in [0, 0.05) is 17.5 Å². The van der Waals surface area contributed by atoms with Crippen molar-refractivity contribution in [3.05, 3.63) is 0 Å². The Morgan fingerprint density at radius 2 is 1.50 bits per heavy atom. The zero-order valence-corrected chi connectivity index (χ0v) is 15.0. The maximum absolute atomic E-state index is 3.46. The van der Waals surface area contributed by atoms with Crippen LogP contribution in [0.25, 0.3) is 0 Å². The first-order valence-electron chi connectivity index (χ1n) is 8.62. The van der Waals surface area contributed by atoms with Gasteiger partial charge in [-0.2, -0.15) is 11.8 Å². The molecule has 0 radical (unpaired) electrons. The quantitative estimate of drug-likeness (QED) is 0.659. The average molecular weight is 301 g/mol. The Labute approximate surface area is 131 Å². The summed E-state index contributed by atoms with van der Waals surface area (Å²) in [6.45, 7) is 15.7. The number of nitrogens with zero attached hydrogens (tertiary/aromatic N) is 1. The molecule has 3 heteroatoms. The van der Waals surface area contributed by atoms with Gasteiger partial charge in [0.2, 0.25) is 0 Å². The molecule has 0 aromatic rings. The zero-order chi connectivity index (χ0) is 14.8. The molecule has 1 heterocycles. The third-order valence-electron chi connectivity index (χ3n) is 4.09. The Kier molecular flexibility index (Phi) is 10.0. The van der Waals surface area contributed by atoms with Crippen molar-refractivity contribution < 1.29 is 0 Å². The van der Waals surface area contributed by atoms with Crippen molar-refractivity contribution in [2.24, 2.45) is 11.8 Å². The molecule has 0 amide bonds. The SMILES string of the molecule is CC(C)CCN(CCSC1CCNCC1)CCC(C)C. The fourth-order valence-corrected chi connectivity index (χ4v) is 3.79. The van der Waals surface area contributed by atoms with Gasteiger partial charge in [-0.25, -0.2) is 0 Å². The minimum absolute atomic E-state index is 0.827. The molecule has 120 valence electrons. The van der Waals surface area contributed by atoms with Crippen molar-refractivity contribution in [1.82, 2.24) is 10.2 Å². The summed E-state index contributed by atoms with van der Waals surface area (Å²) in [5.74, 6) is 2.98. The first-order valence-corrected chi connectivity index (χ1v) is 9.67. The van der Waals surface area contributed by atoms with Crippen LogP contribution in [-0.4, -0.2) is 48.6 Å². The van der Waals surface area contributed by atoms with Gasteiger partial charge >= 0.3 is 0 Å². The van der Waals surface area contributed by atoms with Crippen molar-refractivity contribution in [1.29, 1.82) is 0 Å². The molecule has 0 unspecified atom stereocenters. The Balaban J connectivity index is 2.19. The summed E-state index contributed by atoms with van der Waals surface area (Å²) in [5, 5.41) is 4.37. The predicted octanol–water partition coefficient (Wildman–Crippen LogP) is 3.87. The lowest BCUT2D eigenvalue weighted by atomic mass is 10.1. The molecule has 0 bridgehead atoms. The van der Waals surface area contributed by atoms with Gasteiger partial charge in [-0.3, -0.25) is 0 Å². The van der Waals surface area contributed by atoms with Gasteiger partial charge in [0.05, 0.1) is 0 Å². The van der Waals surface area contributed by atoms with Crippen LogP contribution < -0.4 is 5.32 Å². The molecule has 1 fully saturated rings. The fourth-order valence-electron chi connectivity index (χ4n) is 2.53. The summed E-state index contributed by atoms with van der Waals surface area (Å²) in [7, 11) is 0. The van der Waals surface area contributed by atoms with Crippen molar-refractivity contribution in [3.8, 4) is 0 Å². The molecule has 0 saturated carbocycles. The van der Waals surface area contributed by atoms with Crippen molar-refractivity contribution >= 4 is 11.8 Å². The largest absolute Gasteiger partial charge is 0.317 e. The Bertz CT molecular complexity index is 213. The normalized spacial score (nSPS) is 17.6. The van der Waals surface area contributed by atoms with E-state index in [4.69, 9.17) is 0 Å². The molecule has 20 heavy (non-hydrogen) atoms. The second-order valence-corrected chi connectivity index (χ2v) is 8.44. The molecule has 1 aliphatic heterocycles. The van der Waals surface area contributed by atoms with Crippen LogP contribution in [0.15, 0.2) is 0 Å². The standard InChI is InChI=1S/C17H36N2S/c1-15(2)7-11-19(12-8-16(3)4)13-14-20-17-5-9-18-10-6-17/h15-18H,5-14H2,1-4H3. The first-order chi connectivity index (χ1) is 9.58. The summed E-state index contributed by atoms with van der Waals surface area (Å²) in [5.41, 5.74) is 0. The van der Waals surface area contributed by atoms with Crippen molar-refractivity contribution in [2.45, 2.75) is 58.6 Å². The molecule has 1 N–H and O–H groups in total. The predicted molar refractivity (Wildman–Crippen MR) is 93.7 cm³/mol. The zero-order valence-electron chi connectivity index (χ0n) is 14.2. The third-order valence-corrected chi connectivity index (χ3v) is 5.45. The Morgan fingerprint density at radius 1 is 0.950 bits per heavy atom. The summed E-state index contributed by atoms with van der Waals surface area (Å²) in [6, 6.07) is 0. The van der Waals surface area contributed by atoms with Gasteiger partial charge in [0.25, 0.3) is 0 Å². The van der Waals surface area contributed by atoms with E-state index >= 15 is 0 Å². The molecule has 1 saturated heterocycles. The highest BCUT2D eigenvalue weighted by atomic mass is 32.2. The Morgan fingerprint density at radius 3 is 2.00 bits per heavy atom. The van der Waals surface area contributed by atoms with Gasteiger partial charge in [-0.05, 0) is 63.7 Å². The lowest BCUT2D eigenvalue weighted by Crippen LogP contribution is -2.32. The summed E-state index contributed by atoms with van der Waals surface area (Å²) in [6.07, 6.45) is 5.41. The minimum Gasteiger partial charge on any atom is -0.317 e. The number of rotatable bonds is 10. The van der Waals surface area contributed by atoms with Crippen molar-refractivity contribution in [2.75, 3.05) is 38.5 Å². The van der Waals surface area contributed by atoms with Crippen LogP contribution in [0.4, 0.5) is 0 Å². The molecule has 2 nitrogen and oxygen atoms in total. The van der Waals surface area contributed by atoms with Gasteiger partial charge in [-0.15, -0.1) is 0 Å². The molecule has 0 aliphatic carbocycles. The van der Waals surface area contributed by atoms with E-state index < -0.39 is 0 Å².